The van der Waals surface area contributed by atoms with Gasteiger partial charge in [0.1, 0.15) is 5.75 Å². The number of hydrogen-bond donors (Lipinski definition) is 4. The lowest BCUT2D eigenvalue weighted by Gasteiger charge is -2.13. The smallest absolute Gasteiger partial charge is 0.257 e. The van der Waals surface area contributed by atoms with Gasteiger partial charge >= 0.3 is 0 Å². The number of carbonyl (C=O) groups is 2. The fourth-order valence-electron chi connectivity index (χ4n) is 2.35. The van der Waals surface area contributed by atoms with Crippen molar-refractivity contribution in [2.75, 3.05) is 10.6 Å². The first-order valence-electron chi connectivity index (χ1n) is 9.90. The number of carbonyl (C=O) groups excluding carboxylic acids is 2. The third-order valence-electron chi connectivity index (χ3n) is 4.23. The van der Waals surface area contributed by atoms with Gasteiger partial charge in [0, 0.05) is 23.4 Å². The molecule has 0 aromatic heterocycles. The van der Waals surface area contributed by atoms with Crippen LogP contribution in [0.1, 0.15) is 44.0 Å². The molecular weight excluding hydrogens is 432 g/mol. The second kappa shape index (κ2) is 12.0. The molecule has 164 valence electrons. The van der Waals surface area contributed by atoms with Gasteiger partial charge in [0.25, 0.3) is 5.91 Å². The second-order valence-electron chi connectivity index (χ2n) is 6.70. The lowest BCUT2D eigenvalue weighted by atomic mass is 10.2. The van der Waals surface area contributed by atoms with E-state index in [-0.39, 0.29) is 28.1 Å². The molecule has 0 spiro atoms. The molecule has 0 heterocycles. The maximum Gasteiger partial charge on any atom is 0.257 e. The van der Waals surface area contributed by atoms with E-state index in [1.807, 2.05) is 13.8 Å². The van der Waals surface area contributed by atoms with Gasteiger partial charge in [-0.3, -0.25) is 14.9 Å². The standard InChI is InChI=1S/C22H26N4O3S2/c1-4-14(3)29-18-12-6-15(7-13-18)20(28)26-22(31)24-17-10-8-16(9-11-17)23-21(30)25-19(27)5-2/h6-14H,4-5H2,1-3H3,(H2,23,25,27,30)(H2,24,26,28,31)/t14-/m1/s1. The van der Waals surface area contributed by atoms with E-state index < -0.39 is 0 Å². The molecule has 9 heteroatoms. The Balaban J connectivity index is 1.85. The molecule has 2 amide bonds. The summed E-state index contributed by atoms with van der Waals surface area (Å²) in [6, 6.07) is 14.0. The summed E-state index contributed by atoms with van der Waals surface area (Å²) in [7, 11) is 0. The summed E-state index contributed by atoms with van der Waals surface area (Å²) in [5, 5.41) is 11.5. The van der Waals surface area contributed by atoms with Gasteiger partial charge in [-0.15, -0.1) is 0 Å². The highest BCUT2D eigenvalue weighted by molar-refractivity contribution is 7.80. The first kappa shape index (κ1) is 24.2. The molecule has 4 N–H and O–H groups in total. The van der Waals surface area contributed by atoms with E-state index in [1.54, 1.807) is 55.5 Å². The Morgan fingerprint density at radius 1 is 0.871 bits per heavy atom. The molecular formula is C22H26N4O3S2. The molecule has 2 aromatic carbocycles. The van der Waals surface area contributed by atoms with Crippen molar-refractivity contribution in [1.82, 2.24) is 10.6 Å². The van der Waals surface area contributed by atoms with Crippen LogP contribution in [0.2, 0.25) is 0 Å². The normalized spacial score (nSPS) is 11.1. The number of nitrogens with one attached hydrogen (secondary N) is 4. The molecule has 0 radical (unpaired) electrons. The Labute approximate surface area is 192 Å². The van der Waals surface area contributed by atoms with E-state index in [2.05, 4.69) is 21.3 Å². The van der Waals surface area contributed by atoms with Crippen molar-refractivity contribution in [3.05, 3.63) is 54.1 Å². The summed E-state index contributed by atoms with van der Waals surface area (Å²) in [6.07, 6.45) is 1.37. The SMILES string of the molecule is CCC(=O)NC(=S)Nc1ccc(NC(=S)NC(=O)c2ccc(O[C@H](C)CC)cc2)cc1. The van der Waals surface area contributed by atoms with Crippen molar-refractivity contribution in [2.24, 2.45) is 0 Å². The van der Waals surface area contributed by atoms with Gasteiger partial charge in [-0.2, -0.15) is 0 Å². The van der Waals surface area contributed by atoms with Gasteiger partial charge in [-0.05, 0) is 86.3 Å². The molecule has 0 aliphatic heterocycles. The minimum absolute atomic E-state index is 0.115. The van der Waals surface area contributed by atoms with Crippen LogP contribution in [0.4, 0.5) is 11.4 Å². The second-order valence-corrected chi connectivity index (χ2v) is 7.52. The number of thiocarbonyl (C=S) groups is 2. The highest BCUT2D eigenvalue weighted by atomic mass is 32.1. The van der Waals surface area contributed by atoms with Crippen LogP contribution in [0.15, 0.2) is 48.5 Å². The van der Waals surface area contributed by atoms with Crippen LogP contribution in [0.3, 0.4) is 0 Å². The summed E-state index contributed by atoms with van der Waals surface area (Å²) in [6.45, 7) is 5.79. The van der Waals surface area contributed by atoms with E-state index in [9.17, 15) is 9.59 Å². The highest BCUT2D eigenvalue weighted by Crippen LogP contribution is 2.16. The molecule has 2 rings (SSSR count). The fraction of sp³-hybridized carbons (Fsp3) is 0.273. The minimum atomic E-state index is -0.317. The van der Waals surface area contributed by atoms with E-state index in [4.69, 9.17) is 29.2 Å². The lowest BCUT2D eigenvalue weighted by Crippen LogP contribution is -2.34. The maximum absolute atomic E-state index is 12.4. The molecule has 0 aliphatic rings. The highest BCUT2D eigenvalue weighted by Gasteiger charge is 2.09. The van der Waals surface area contributed by atoms with Crippen LogP contribution in [0.25, 0.3) is 0 Å². The zero-order chi connectivity index (χ0) is 22.8. The fourth-order valence-corrected chi connectivity index (χ4v) is 2.79. The monoisotopic (exact) mass is 458 g/mol. The largest absolute Gasteiger partial charge is 0.491 e. The van der Waals surface area contributed by atoms with Gasteiger partial charge in [-0.25, -0.2) is 0 Å². The molecule has 0 saturated heterocycles. The van der Waals surface area contributed by atoms with Crippen LogP contribution in [0, 0.1) is 0 Å². The van der Waals surface area contributed by atoms with Crippen LogP contribution < -0.4 is 26.0 Å². The van der Waals surface area contributed by atoms with Gasteiger partial charge in [0.15, 0.2) is 10.2 Å². The quantitative estimate of drug-likeness (QED) is 0.462. The summed E-state index contributed by atoms with van der Waals surface area (Å²) in [5.74, 6) is 0.242. The lowest BCUT2D eigenvalue weighted by molar-refractivity contribution is -0.119. The number of amides is 2. The zero-order valence-electron chi connectivity index (χ0n) is 17.7. The number of hydrogen-bond acceptors (Lipinski definition) is 5. The summed E-state index contributed by atoms with van der Waals surface area (Å²) in [5.41, 5.74) is 1.88. The van der Waals surface area contributed by atoms with E-state index >= 15 is 0 Å². The molecule has 0 fully saturated rings. The van der Waals surface area contributed by atoms with Crippen LogP contribution >= 0.6 is 24.4 Å². The van der Waals surface area contributed by atoms with E-state index in [0.717, 1.165) is 6.42 Å². The van der Waals surface area contributed by atoms with Crippen molar-refractivity contribution in [2.45, 2.75) is 39.7 Å². The van der Waals surface area contributed by atoms with Crippen LogP contribution in [-0.4, -0.2) is 28.1 Å². The Morgan fingerprint density at radius 2 is 1.39 bits per heavy atom. The Hall–Kier alpha value is -3.04. The van der Waals surface area contributed by atoms with Crippen LogP contribution in [0.5, 0.6) is 5.75 Å². The molecule has 0 aliphatic carbocycles. The van der Waals surface area contributed by atoms with Gasteiger partial charge in [0.05, 0.1) is 6.10 Å². The summed E-state index contributed by atoms with van der Waals surface area (Å²) in [4.78, 5) is 23.7. The summed E-state index contributed by atoms with van der Waals surface area (Å²) >= 11 is 10.3. The number of rotatable bonds is 7. The third kappa shape index (κ3) is 8.31. The molecule has 31 heavy (non-hydrogen) atoms. The van der Waals surface area contributed by atoms with Crippen molar-refractivity contribution in [3.8, 4) is 5.75 Å². The summed E-state index contributed by atoms with van der Waals surface area (Å²) < 4.78 is 5.71. The molecule has 2 aromatic rings. The van der Waals surface area contributed by atoms with E-state index in [0.29, 0.717) is 29.1 Å². The topological polar surface area (TPSA) is 91.5 Å². The van der Waals surface area contributed by atoms with Crippen molar-refractivity contribution in [3.63, 3.8) is 0 Å². The van der Waals surface area contributed by atoms with Crippen molar-refractivity contribution < 1.29 is 14.3 Å². The molecule has 0 bridgehead atoms. The van der Waals surface area contributed by atoms with Gasteiger partial charge in [0.2, 0.25) is 5.91 Å². The molecule has 0 saturated carbocycles. The van der Waals surface area contributed by atoms with Gasteiger partial charge in [-0.1, -0.05) is 13.8 Å². The zero-order valence-corrected chi connectivity index (χ0v) is 19.3. The molecule has 0 unspecified atom stereocenters. The average Bonchev–Trinajstić information content (AvgIpc) is 2.75. The predicted molar refractivity (Wildman–Crippen MR) is 132 cm³/mol. The first-order chi connectivity index (χ1) is 14.8. The predicted octanol–water partition coefficient (Wildman–Crippen LogP) is 4.21. The minimum Gasteiger partial charge on any atom is -0.491 e. The van der Waals surface area contributed by atoms with E-state index in [1.165, 1.54) is 0 Å². The first-order valence-corrected chi connectivity index (χ1v) is 10.7. The Morgan fingerprint density at radius 3 is 1.87 bits per heavy atom. The Bertz CT molecular complexity index is 931. The Kier molecular flexibility index (Phi) is 9.36. The van der Waals surface area contributed by atoms with Gasteiger partial charge < -0.3 is 20.7 Å². The number of benzene rings is 2. The third-order valence-corrected chi connectivity index (χ3v) is 4.64. The maximum atomic E-state index is 12.4. The molecule has 1 atom stereocenters. The number of ether oxygens (including phenoxy) is 1. The van der Waals surface area contributed by atoms with Crippen molar-refractivity contribution in [1.29, 1.82) is 0 Å². The molecule has 7 nitrogen and oxygen atoms in total. The van der Waals surface area contributed by atoms with Crippen LogP contribution in [-0.2, 0) is 4.79 Å². The van der Waals surface area contributed by atoms with Crippen molar-refractivity contribution >= 4 is 57.8 Å². The average molecular weight is 459 g/mol. The number of anilines is 2.